The summed E-state index contributed by atoms with van der Waals surface area (Å²) in [5.74, 6) is -0.296. The molecule has 0 unspecified atom stereocenters. The average Bonchev–Trinajstić information content (AvgIpc) is 2.62. The fraction of sp³-hybridized carbons (Fsp3) is 0.438. The molecule has 2 heterocycles. The molecule has 3 rings (SSSR count). The van der Waals surface area contributed by atoms with Crippen molar-refractivity contribution in [2.75, 3.05) is 6.54 Å². The molecule has 1 fully saturated rings. The van der Waals surface area contributed by atoms with Crippen molar-refractivity contribution in [3.05, 3.63) is 34.7 Å². The van der Waals surface area contributed by atoms with Gasteiger partial charge in [-0.15, -0.1) is 11.3 Å². The number of nitrogens with two attached hydrogens (primary N) is 1. The van der Waals surface area contributed by atoms with Gasteiger partial charge in [0.15, 0.2) is 0 Å². The van der Waals surface area contributed by atoms with Gasteiger partial charge in [-0.3, -0.25) is 4.79 Å². The summed E-state index contributed by atoms with van der Waals surface area (Å²) >= 11 is 1.52. The highest BCUT2D eigenvalue weighted by Crippen LogP contribution is 2.32. The smallest absolute Gasteiger partial charge is 0.259 e. The molecule has 1 amide bonds. The third-order valence-corrected chi connectivity index (χ3v) is 5.26. The van der Waals surface area contributed by atoms with E-state index in [0.717, 1.165) is 28.1 Å². The minimum atomic E-state index is -0.296. The Labute approximate surface area is 123 Å². The molecular formula is C16H20N2OS. The Bertz CT molecular complexity index is 612. The van der Waals surface area contributed by atoms with E-state index in [1.54, 1.807) is 0 Å². The van der Waals surface area contributed by atoms with Crippen LogP contribution in [0.2, 0.25) is 0 Å². The molecule has 1 saturated heterocycles. The van der Waals surface area contributed by atoms with Crippen LogP contribution in [0, 0.1) is 0 Å². The predicted octanol–water partition coefficient (Wildman–Crippen LogP) is 3.07. The number of nitrogens with one attached hydrogen (secondary N) is 1. The Morgan fingerprint density at radius 1 is 1.30 bits per heavy atom. The molecule has 20 heavy (non-hydrogen) atoms. The predicted molar refractivity (Wildman–Crippen MR) is 84.3 cm³/mol. The molecule has 106 valence electrons. The van der Waals surface area contributed by atoms with Gasteiger partial charge in [-0.1, -0.05) is 31.0 Å². The first kappa shape index (κ1) is 13.6. The number of rotatable bonds is 3. The third-order valence-electron chi connectivity index (χ3n) is 4.03. The molecule has 3 N–H and O–H groups in total. The third kappa shape index (κ3) is 2.72. The molecular weight excluding hydrogens is 268 g/mol. The largest absolute Gasteiger partial charge is 0.365 e. The summed E-state index contributed by atoms with van der Waals surface area (Å²) in [6, 6.07) is 8.68. The van der Waals surface area contributed by atoms with Crippen LogP contribution >= 0.6 is 11.3 Å². The quantitative estimate of drug-likeness (QED) is 0.912. The standard InChI is InChI=1S/C16H20N2OS/c17-16(19)15-13(10-11-6-2-1-5-9-18-11)12-7-3-4-8-14(12)20-15/h3-4,7-8,11,18H,1-2,5-6,9-10H2,(H2,17,19)/t11-/m1/s1. The molecule has 1 aromatic carbocycles. The van der Waals surface area contributed by atoms with Crippen LogP contribution in [0.5, 0.6) is 0 Å². The Balaban J connectivity index is 1.95. The number of fused-ring (bicyclic) bond motifs is 1. The van der Waals surface area contributed by atoms with Gasteiger partial charge in [0, 0.05) is 10.7 Å². The van der Waals surface area contributed by atoms with E-state index >= 15 is 0 Å². The van der Waals surface area contributed by atoms with Crippen molar-refractivity contribution >= 4 is 27.3 Å². The van der Waals surface area contributed by atoms with Crippen molar-refractivity contribution in [1.82, 2.24) is 5.32 Å². The van der Waals surface area contributed by atoms with Crippen molar-refractivity contribution < 1.29 is 4.79 Å². The number of amides is 1. The maximum Gasteiger partial charge on any atom is 0.259 e. The molecule has 4 heteroatoms. The highest BCUT2D eigenvalue weighted by atomic mass is 32.1. The second-order valence-electron chi connectivity index (χ2n) is 5.47. The van der Waals surface area contributed by atoms with E-state index in [9.17, 15) is 4.79 Å². The van der Waals surface area contributed by atoms with E-state index in [1.807, 2.05) is 12.1 Å². The highest BCUT2D eigenvalue weighted by molar-refractivity contribution is 7.21. The zero-order valence-electron chi connectivity index (χ0n) is 11.5. The van der Waals surface area contributed by atoms with Crippen molar-refractivity contribution in [2.45, 2.75) is 38.1 Å². The van der Waals surface area contributed by atoms with Crippen LogP contribution in [0.1, 0.15) is 40.9 Å². The summed E-state index contributed by atoms with van der Waals surface area (Å²) in [6.07, 6.45) is 5.91. The Kier molecular flexibility index (Phi) is 4.03. The number of carbonyl (C=O) groups excluding carboxylic acids is 1. The van der Waals surface area contributed by atoms with Gasteiger partial charge in [0.05, 0.1) is 4.88 Å². The molecule has 0 bridgehead atoms. The zero-order chi connectivity index (χ0) is 13.9. The minimum absolute atomic E-state index is 0.296. The summed E-state index contributed by atoms with van der Waals surface area (Å²) < 4.78 is 1.16. The van der Waals surface area contributed by atoms with Gasteiger partial charge in [0.2, 0.25) is 0 Å². The summed E-state index contributed by atoms with van der Waals surface area (Å²) in [6.45, 7) is 1.08. The molecule has 0 radical (unpaired) electrons. The summed E-state index contributed by atoms with van der Waals surface area (Å²) in [5, 5.41) is 4.80. The van der Waals surface area contributed by atoms with Crippen molar-refractivity contribution in [2.24, 2.45) is 5.73 Å². The number of hydrogen-bond acceptors (Lipinski definition) is 3. The molecule has 1 aliphatic rings. The van der Waals surface area contributed by atoms with Crippen LogP contribution in [-0.2, 0) is 6.42 Å². The second kappa shape index (κ2) is 5.94. The summed E-state index contributed by atoms with van der Waals surface area (Å²) in [4.78, 5) is 12.4. The first-order valence-electron chi connectivity index (χ1n) is 7.29. The lowest BCUT2D eigenvalue weighted by Gasteiger charge is -2.16. The molecule has 2 aromatic rings. The molecule has 0 saturated carbocycles. The van der Waals surface area contributed by atoms with E-state index in [-0.39, 0.29) is 5.91 Å². The Morgan fingerprint density at radius 3 is 3.00 bits per heavy atom. The number of benzene rings is 1. The molecule has 0 spiro atoms. The van der Waals surface area contributed by atoms with Crippen LogP contribution in [0.15, 0.2) is 24.3 Å². The van der Waals surface area contributed by atoms with E-state index in [1.165, 1.54) is 42.4 Å². The van der Waals surface area contributed by atoms with Crippen molar-refractivity contribution in [1.29, 1.82) is 0 Å². The number of thiophene rings is 1. The van der Waals surface area contributed by atoms with E-state index < -0.39 is 0 Å². The van der Waals surface area contributed by atoms with Gasteiger partial charge in [0.25, 0.3) is 5.91 Å². The summed E-state index contributed by atoms with van der Waals surface area (Å²) in [5.41, 5.74) is 6.70. The van der Waals surface area contributed by atoms with Gasteiger partial charge < -0.3 is 11.1 Å². The average molecular weight is 288 g/mol. The van der Waals surface area contributed by atoms with Crippen LogP contribution in [0.3, 0.4) is 0 Å². The number of hydrogen-bond donors (Lipinski definition) is 2. The molecule has 3 nitrogen and oxygen atoms in total. The molecule has 1 aromatic heterocycles. The Hall–Kier alpha value is -1.39. The summed E-state index contributed by atoms with van der Waals surface area (Å²) in [7, 11) is 0. The van der Waals surface area contributed by atoms with Crippen LogP contribution in [-0.4, -0.2) is 18.5 Å². The Morgan fingerprint density at radius 2 is 2.15 bits per heavy atom. The lowest BCUT2D eigenvalue weighted by atomic mass is 9.99. The van der Waals surface area contributed by atoms with Crippen LogP contribution < -0.4 is 11.1 Å². The van der Waals surface area contributed by atoms with Gasteiger partial charge in [0.1, 0.15) is 0 Å². The molecule has 1 atom stereocenters. The number of carbonyl (C=O) groups is 1. The zero-order valence-corrected chi connectivity index (χ0v) is 12.3. The molecule has 0 aliphatic carbocycles. The maximum atomic E-state index is 11.7. The van der Waals surface area contributed by atoms with Crippen LogP contribution in [0.25, 0.3) is 10.1 Å². The van der Waals surface area contributed by atoms with Gasteiger partial charge in [-0.25, -0.2) is 0 Å². The normalized spacial score (nSPS) is 19.9. The van der Waals surface area contributed by atoms with Gasteiger partial charge in [-0.2, -0.15) is 0 Å². The fourth-order valence-corrected chi connectivity index (χ4v) is 4.11. The van der Waals surface area contributed by atoms with E-state index in [4.69, 9.17) is 5.73 Å². The van der Waals surface area contributed by atoms with Crippen LogP contribution in [0.4, 0.5) is 0 Å². The first-order valence-corrected chi connectivity index (χ1v) is 8.11. The van der Waals surface area contributed by atoms with Crippen molar-refractivity contribution in [3.63, 3.8) is 0 Å². The highest BCUT2D eigenvalue weighted by Gasteiger charge is 2.20. The maximum absolute atomic E-state index is 11.7. The second-order valence-corrected chi connectivity index (χ2v) is 6.53. The van der Waals surface area contributed by atoms with Crippen molar-refractivity contribution in [3.8, 4) is 0 Å². The number of primary amides is 1. The SMILES string of the molecule is NC(=O)c1sc2ccccc2c1C[C@H]1CCCCCN1. The first-order chi connectivity index (χ1) is 9.75. The fourth-order valence-electron chi connectivity index (χ4n) is 3.02. The molecule has 1 aliphatic heterocycles. The lowest BCUT2D eigenvalue weighted by Crippen LogP contribution is -2.30. The van der Waals surface area contributed by atoms with Gasteiger partial charge >= 0.3 is 0 Å². The lowest BCUT2D eigenvalue weighted by molar-refractivity contribution is 0.100. The minimum Gasteiger partial charge on any atom is -0.365 e. The topological polar surface area (TPSA) is 55.1 Å². The van der Waals surface area contributed by atoms with E-state index in [2.05, 4.69) is 17.4 Å². The van der Waals surface area contributed by atoms with E-state index in [0.29, 0.717) is 6.04 Å². The van der Waals surface area contributed by atoms with Gasteiger partial charge in [-0.05, 0) is 42.8 Å². The monoisotopic (exact) mass is 288 g/mol.